The minimum absolute atomic E-state index is 0.114. The molecule has 0 saturated heterocycles. The first-order valence-corrected chi connectivity index (χ1v) is 15.0. The highest BCUT2D eigenvalue weighted by atomic mass is 16.7. The smallest absolute Gasteiger partial charge is 0.379 e. The second-order valence-corrected chi connectivity index (χ2v) is 11.3. The van der Waals surface area contributed by atoms with E-state index in [4.69, 9.17) is 23.7 Å². The molecule has 2 atom stereocenters. The molecule has 0 aliphatic carbocycles. The zero-order chi connectivity index (χ0) is 34.4. The summed E-state index contributed by atoms with van der Waals surface area (Å²) in [6, 6.07) is 25.9. The maximum atomic E-state index is 13.3. The maximum Gasteiger partial charge on any atom is 0.379 e. The molecule has 5 rings (SSSR count). The lowest BCUT2D eigenvalue weighted by Crippen LogP contribution is -2.39. The van der Waals surface area contributed by atoms with Gasteiger partial charge in [0.05, 0.1) is 22.3 Å². The monoisotopic (exact) mass is 648 g/mol. The minimum Gasteiger partial charge on any atom is -0.458 e. The average molecular weight is 649 g/mol. The number of hydrogen-bond acceptors (Lipinski definition) is 10. The Morgan fingerprint density at radius 1 is 0.562 bits per heavy atom. The first-order chi connectivity index (χ1) is 23.0. The number of ether oxygens (including phenoxy) is 5. The van der Waals surface area contributed by atoms with E-state index in [1.807, 2.05) is 27.7 Å². The van der Waals surface area contributed by atoms with Crippen LogP contribution < -0.4 is 0 Å². The van der Waals surface area contributed by atoms with Crippen molar-refractivity contribution in [3.8, 4) is 0 Å². The van der Waals surface area contributed by atoms with Gasteiger partial charge in [-0.25, -0.2) is 24.0 Å². The van der Waals surface area contributed by atoms with E-state index in [0.29, 0.717) is 0 Å². The molecule has 0 bridgehead atoms. The zero-order valence-electron chi connectivity index (χ0n) is 26.7. The quantitative estimate of drug-likeness (QED) is 0.146. The first kappa shape index (κ1) is 33.3. The van der Waals surface area contributed by atoms with Gasteiger partial charge in [0, 0.05) is 0 Å². The number of hydrogen-bond donors (Lipinski definition) is 0. The summed E-state index contributed by atoms with van der Waals surface area (Å²) < 4.78 is 27.9. The number of aryl methyl sites for hydroxylation is 4. The lowest BCUT2D eigenvalue weighted by molar-refractivity contribution is -0.148. The normalized spacial score (nSPS) is 14.5. The van der Waals surface area contributed by atoms with Crippen LogP contribution in [0.15, 0.2) is 109 Å². The summed E-state index contributed by atoms with van der Waals surface area (Å²) in [5, 5.41) is 0. The van der Waals surface area contributed by atoms with Crippen molar-refractivity contribution >= 4 is 29.8 Å². The molecule has 0 amide bonds. The van der Waals surface area contributed by atoms with E-state index in [-0.39, 0.29) is 22.3 Å². The van der Waals surface area contributed by atoms with Crippen molar-refractivity contribution in [3.63, 3.8) is 0 Å². The van der Waals surface area contributed by atoms with Gasteiger partial charge < -0.3 is 23.7 Å². The van der Waals surface area contributed by atoms with Gasteiger partial charge in [-0.3, -0.25) is 0 Å². The van der Waals surface area contributed by atoms with Crippen molar-refractivity contribution in [1.82, 2.24) is 0 Å². The Labute approximate surface area is 276 Å². The fraction of sp³-hybridized carbons (Fsp3) is 0.184. The van der Waals surface area contributed by atoms with Crippen LogP contribution in [0.3, 0.4) is 0 Å². The molecule has 4 aromatic carbocycles. The highest BCUT2D eigenvalue weighted by Crippen LogP contribution is 2.31. The number of benzene rings is 4. The van der Waals surface area contributed by atoms with E-state index in [1.54, 1.807) is 60.7 Å². The molecule has 1 heterocycles. The van der Waals surface area contributed by atoms with Crippen molar-refractivity contribution < 1.29 is 47.7 Å². The van der Waals surface area contributed by atoms with Gasteiger partial charge in [0.25, 0.3) is 5.76 Å². The highest BCUT2D eigenvalue weighted by Gasteiger charge is 2.47. The van der Waals surface area contributed by atoms with Crippen LogP contribution >= 0.6 is 0 Å². The van der Waals surface area contributed by atoms with Crippen LogP contribution in [0.25, 0.3) is 0 Å². The summed E-state index contributed by atoms with van der Waals surface area (Å²) in [4.78, 5) is 66.0. The Balaban J connectivity index is 1.50. The summed E-state index contributed by atoms with van der Waals surface area (Å²) >= 11 is 0. The Morgan fingerprint density at radius 2 is 0.938 bits per heavy atom. The molecule has 1 aliphatic rings. The lowest BCUT2D eigenvalue weighted by atomic mass is 10.1. The summed E-state index contributed by atoms with van der Waals surface area (Å²) in [5.41, 5.74) is 4.21. The molecule has 0 spiro atoms. The molecule has 10 nitrogen and oxygen atoms in total. The molecule has 0 fully saturated rings. The second kappa shape index (κ2) is 14.6. The average Bonchev–Trinajstić information content (AvgIpc) is 3.37. The molecular weight excluding hydrogens is 616 g/mol. The standard InChI is InChI=1S/C38H32O10/c1-22-5-13-26(14-6-22)34(39)44-21-30(45-35(40)27-15-7-23(2)8-16-27)31-32(47-36(41)28-17-9-24(3)10-18-28)33(38(43)46-31)48-37(42)29-19-11-25(4)12-20-29/h5-20,30-31H,21H2,1-4H3/t30-,31+/m0/s1. The third-order valence-electron chi connectivity index (χ3n) is 7.42. The Bertz CT molecular complexity index is 1870. The molecule has 48 heavy (non-hydrogen) atoms. The Morgan fingerprint density at radius 3 is 1.38 bits per heavy atom. The number of cyclic esters (lactones) is 1. The lowest BCUT2D eigenvalue weighted by Gasteiger charge is -2.24. The van der Waals surface area contributed by atoms with Gasteiger partial charge in [0.2, 0.25) is 11.9 Å². The molecule has 4 aromatic rings. The highest BCUT2D eigenvalue weighted by molar-refractivity contribution is 5.98. The van der Waals surface area contributed by atoms with E-state index >= 15 is 0 Å². The molecule has 0 radical (unpaired) electrons. The first-order valence-electron chi connectivity index (χ1n) is 15.0. The third-order valence-corrected chi connectivity index (χ3v) is 7.42. The number of rotatable bonds is 10. The van der Waals surface area contributed by atoms with Gasteiger partial charge in [-0.05, 0) is 76.2 Å². The fourth-order valence-electron chi connectivity index (χ4n) is 4.59. The van der Waals surface area contributed by atoms with Crippen molar-refractivity contribution in [2.45, 2.75) is 39.9 Å². The SMILES string of the molecule is Cc1ccc(C(=O)OC[C@H](OC(=O)c2ccc(C)cc2)[C@H]2OC(=O)C(OC(=O)c3ccc(C)cc3)=C2OC(=O)c2ccc(C)cc2)cc1. The van der Waals surface area contributed by atoms with Crippen molar-refractivity contribution in [2.24, 2.45) is 0 Å². The largest absolute Gasteiger partial charge is 0.458 e. The van der Waals surface area contributed by atoms with E-state index in [0.717, 1.165) is 22.3 Å². The number of carbonyl (C=O) groups is 5. The molecule has 10 heteroatoms. The maximum absolute atomic E-state index is 13.3. The minimum atomic E-state index is -1.65. The molecule has 0 aromatic heterocycles. The van der Waals surface area contributed by atoms with Gasteiger partial charge >= 0.3 is 29.8 Å². The topological polar surface area (TPSA) is 132 Å². The van der Waals surface area contributed by atoms with Gasteiger partial charge in [-0.15, -0.1) is 0 Å². The van der Waals surface area contributed by atoms with Crippen molar-refractivity contribution in [3.05, 3.63) is 153 Å². The summed E-state index contributed by atoms with van der Waals surface area (Å²) in [6.07, 6.45) is -3.18. The van der Waals surface area contributed by atoms with Crippen LogP contribution in [-0.4, -0.2) is 48.7 Å². The van der Waals surface area contributed by atoms with Crippen molar-refractivity contribution in [2.75, 3.05) is 6.61 Å². The number of carbonyl (C=O) groups excluding carboxylic acids is 5. The molecular formula is C38H32O10. The van der Waals surface area contributed by atoms with Crippen LogP contribution in [0.5, 0.6) is 0 Å². The molecule has 0 saturated carbocycles. The zero-order valence-corrected chi connectivity index (χ0v) is 26.7. The van der Waals surface area contributed by atoms with Gasteiger partial charge in [0.15, 0.2) is 6.10 Å². The van der Waals surface area contributed by atoms with Crippen molar-refractivity contribution in [1.29, 1.82) is 0 Å². The Kier molecular flexibility index (Phi) is 10.1. The summed E-state index contributed by atoms with van der Waals surface area (Å²) in [6.45, 7) is 6.76. The summed E-state index contributed by atoms with van der Waals surface area (Å²) in [7, 11) is 0. The van der Waals surface area contributed by atoms with E-state index < -0.39 is 60.2 Å². The van der Waals surface area contributed by atoms with Crippen LogP contribution in [0.4, 0.5) is 0 Å². The molecule has 0 N–H and O–H groups in total. The Hall–Kier alpha value is -6.03. The van der Waals surface area contributed by atoms with Crippen LogP contribution in [-0.2, 0) is 28.5 Å². The predicted octanol–water partition coefficient (Wildman–Crippen LogP) is 6.15. The van der Waals surface area contributed by atoms with Gasteiger partial charge in [-0.1, -0.05) is 70.8 Å². The second-order valence-electron chi connectivity index (χ2n) is 11.3. The van der Waals surface area contributed by atoms with E-state index in [1.165, 1.54) is 36.4 Å². The molecule has 1 aliphatic heterocycles. The molecule has 244 valence electrons. The van der Waals surface area contributed by atoms with Crippen LogP contribution in [0.1, 0.15) is 63.7 Å². The van der Waals surface area contributed by atoms with Gasteiger partial charge in [0.1, 0.15) is 6.61 Å². The third kappa shape index (κ3) is 8.03. The number of esters is 5. The molecule has 0 unspecified atom stereocenters. The van der Waals surface area contributed by atoms with Crippen LogP contribution in [0, 0.1) is 27.7 Å². The van der Waals surface area contributed by atoms with Crippen LogP contribution in [0.2, 0.25) is 0 Å². The summed E-state index contributed by atoms with van der Waals surface area (Å²) in [5.74, 6) is -5.82. The fourth-order valence-corrected chi connectivity index (χ4v) is 4.59. The predicted molar refractivity (Wildman–Crippen MR) is 172 cm³/mol. The van der Waals surface area contributed by atoms with Gasteiger partial charge in [-0.2, -0.15) is 0 Å². The van der Waals surface area contributed by atoms with E-state index in [9.17, 15) is 24.0 Å². The van der Waals surface area contributed by atoms with E-state index in [2.05, 4.69) is 0 Å².